The van der Waals surface area contributed by atoms with Crippen molar-refractivity contribution in [2.45, 2.75) is 80.3 Å². The van der Waals surface area contributed by atoms with E-state index in [1.165, 1.54) is 9.13 Å². The predicted molar refractivity (Wildman–Crippen MR) is 174 cm³/mol. The Labute approximate surface area is 266 Å². The number of benzene rings is 2. The summed E-state index contributed by atoms with van der Waals surface area (Å²) in [6, 6.07) is 14.3. The average molecular weight is 627 g/mol. The number of aryl methyl sites for hydroxylation is 2. The number of nitriles is 2. The molecule has 12 nitrogen and oxygen atoms in total. The van der Waals surface area contributed by atoms with Gasteiger partial charge in [0.05, 0.1) is 34.4 Å². The van der Waals surface area contributed by atoms with Crippen LogP contribution in [-0.4, -0.2) is 19.1 Å². The molecule has 0 unspecified atom stereocenters. The van der Waals surface area contributed by atoms with Crippen LogP contribution in [0.1, 0.15) is 86.8 Å². The molecule has 0 aliphatic carbocycles. The molecule has 12 heteroatoms. The number of hydrogen-bond acceptors (Lipinski definition) is 8. The van der Waals surface area contributed by atoms with Gasteiger partial charge in [-0.15, -0.1) is 0 Å². The van der Waals surface area contributed by atoms with Gasteiger partial charge in [-0.1, -0.05) is 27.7 Å². The Morgan fingerprint density at radius 3 is 1.28 bits per heavy atom. The molecule has 0 radical (unpaired) electrons. The number of rotatable bonds is 8. The van der Waals surface area contributed by atoms with Crippen LogP contribution < -0.4 is 32.0 Å². The molecule has 0 atom stereocenters. The number of hydrogen-bond donors (Lipinski definition) is 2. The molecule has 0 amide bonds. The van der Waals surface area contributed by atoms with E-state index in [4.69, 9.17) is 20.0 Å². The number of H-pyrrole nitrogens is 2. The maximum Gasteiger partial charge on any atom is 0.331 e. The number of nitrogens with one attached hydrogen (secondary N) is 2. The molecule has 0 saturated carbocycles. The molecule has 0 spiro atoms. The molecule has 46 heavy (non-hydrogen) atoms. The lowest BCUT2D eigenvalue weighted by Crippen LogP contribution is -2.33. The van der Waals surface area contributed by atoms with E-state index in [9.17, 15) is 19.2 Å². The van der Waals surface area contributed by atoms with Crippen molar-refractivity contribution in [1.82, 2.24) is 19.1 Å². The summed E-state index contributed by atoms with van der Waals surface area (Å²) in [6.45, 7) is 15.5. The Bertz CT molecular complexity index is 1920. The van der Waals surface area contributed by atoms with Crippen LogP contribution in [0, 0.1) is 36.5 Å². The smallest absolute Gasteiger partial charge is 0.331 e. The largest absolute Gasteiger partial charge is 0.440 e. The second kappa shape index (κ2) is 14.9. The number of aromatic amines is 2. The molecule has 4 rings (SSSR count). The summed E-state index contributed by atoms with van der Waals surface area (Å²) >= 11 is 0. The third kappa shape index (κ3) is 7.90. The van der Waals surface area contributed by atoms with Crippen molar-refractivity contribution < 1.29 is 9.47 Å². The third-order valence-corrected chi connectivity index (χ3v) is 6.95. The Balaban J connectivity index is 0.000000250. The van der Waals surface area contributed by atoms with Crippen molar-refractivity contribution in [3.8, 4) is 35.4 Å². The first-order valence-corrected chi connectivity index (χ1v) is 14.9. The standard InChI is InChI=1S/2C17H19N3O3/c2*1-5-20-16(14(10(2)3)15(21)19-17(20)22)23-13-7-11(4)6-12(8-13)9-18/h2*6-8,10H,5H2,1-4H3,(H,19,21,22). The van der Waals surface area contributed by atoms with Gasteiger partial charge in [0.1, 0.15) is 11.5 Å². The molecule has 0 saturated heterocycles. The second-order valence-electron chi connectivity index (χ2n) is 11.3. The van der Waals surface area contributed by atoms with Crippen molar-refractivity contribution in [1.29, 1.82) is 10.5 Å². The summed E-state index contributed by atoms with van der Waals surface area (Å²) in [4.78, 5) is 53.0. The van der Waals surface area contributed by atoms with Crippen molar-refractivity contribution in [2.24, 2.45) is 0 Å². The van der Waals surface area contributed by atoms with Gasteiger partial charge in [-0.2, -0.15) is 10.5 Å². The van der Waals surface area contributed by atoms with Gasteiger partial charge in [0, 0.05) is 13.1 Å². The molecular formula is C34H38N6O6. The van der Waals surface area contributed by atoms with Crippen LogP contribution in [0.5, 0.6) is 23.3 Å². The highest BCUT2D eigenvalue weighted by Crippen LogP contribution is 2.29. The first kappa shape index (κ1) is 34.9. The SMILES string of the molecule is CCn1c(Oc2cc(C)cc(C#N)c2)c(C(C)C)c(=O)[nH]c1=O.CCn1c(Oc2cc(C)cc(C#N)c2)c(C(C)C)c(=O)[nH]c1=O. The minimum absolute atomic E-state index is 0.118. The normalized spacial score (nSPS) is 10.6. The fourth-order valence-corrected chi connectivity index (χ4v) is 4.91. The van der Waals surface area contributed by atoms with Crippen LogP contribution in [0.2, 0.25) is 0 Å². The molecule has 0 aliphatic heterocycles. The molecule has 2 aromatic carbocycles. The molecule has 2 heterocycles. The Kier molecular flexibility index (Phi) is 11.3. The first-order chi connectivity index (χ1) is 21.7. The number of aromatic nitrogens is 4. The molecule has 2 N–H and O–H groups in total. The van der Waals surface area contributed by atoms with Gasteiger partial charge in [-0.25, -0.2) is 9.59 Å². The minimum atomic E-state index is -0.509. The molecule has 0 bridgehead atoms. The van der Waals surface area contributed by atoms with Crippen molar-refractivity contribution in [3.63, 3.8) is 0 Å². The highest BCUT2D eigenvalue weighted by molar-refractivity contribution is 5.44. The van der Waals surface area contributed by atoms with Gasteiger partial charge in [0.2, 0.25) is 11.8 Å². The summed E-state index contributed by atoms with van der Waals surface area (Å²) in [5, 5.41) is 18.1. The quantitative estimate of drug-likeness (QED) is 0.265. The lowest BCUT2D eigenvalue weighted by atomic mass is 10.1. The van der Waals surface area contributed by atoms with Crippen molar-refractivity contribution >= 4 is 0 Å². The zero-order valence-corrected chi connectivity index (χ0v) is 27.3. The fourth-order valence-electron chi connectivity index (χ4n) is 4.91. The van der Waals surface area contributed by atoms with Crippen molar-refractivity contribution in [3.05, 3.63) is 111 Å². The van der Waals surface area contributed by atoms with Gasteiger partial charge in [-0.3, -0.25) is 28.7 Å². The van der Waals surface area contributed by atoms with E-state index in [-0.39, 0.29) is 23.6 Å². The van der Waals surface area contributed by atoms with Crippen LogP contribution in [0.4, 0.5) is 0 Å². The maximum atomic E-state index is 12.1. The lowest BCUT2D eigenvalue weighted by Gasteiger charge is -2.17. The van der Waals surface area contributed by atoms with Crippen LogP contribution >= 0.6 is 0 Å². The Morgan fingerprint density at radius 2 is 1.00 bits per heavy atom. The Morgan fingerprint density at radius 1 is 0.652 bits per heavy atom. The van der Waals surface area contributed by atoms with E-state index in [1.54, 1.807) is 50.2 Å². The van der Waals surface area contributed by atoms with Crippen LogP contribution in [-0.2, 0) is 13.1 Å². The molecule has 2 aromatic heterocycles. The van der Waals surface area contributed by atoms with Gasteiger partial charge in [0.15, 0.2) is 0 Å². The van der Waals surface area contributed by atoms with E-state index in [2.05, 4.69) is 22.1 Å². The van der Waals surface area contributed by atoms with E-state index < -0.39 is 22.5 Å². The minimum Gasteiger partial charge on any atom is -0.440 e. The van der Waals surface area contributed by atoms with Gasteiger partial charge < -0.3 is 9.47 Å². The lowest BCUT2D eigenvalue weighted by molar-refractivity contribution is 0.406. The van der Waals surface area contributed by atoms with Crippen LogP contribution in [0.3, 0.4) is 0 Å². The van der Waals surface area contributed by atoms with E-state index in [1.807, 2.05) is 41.5 Å². The van der Waals surface area contributed by atoms with E-state index in [0.29, 0.717) is 46.8 Å². The van der Waals surface area contributed by atoms with Gasteiger partial charge in [-0.05, 0) is 87.1 Å². The topological polar surface area (TPSA) is 176 Å². The molecule has 0 aliphatic rings. The van der Waals surface area contributed by atoms with Crippen LogP contribution in [0.15, 0.2) is 55.6 Å². The summed E-state index contributed by atoms with van der Waals surface area (Å²) in [6.07, 6.45) is 0. The monoisotopic (exact) mass is 626 g/mol. The predicted octanol–water partition coefficient (Wildman–Crippen LogP) is 5.30. The second-order valence-corrected chi connectivity index (χ2v) is 11.3. The highest BCUT2D eigenvalue weighted by atomic mass is 16.5. The Hall–Kier alpha value is -5.62. The number of nitrogens with zero attached hydrogens (tertiary/aromatic N) is 4. The summed E-state index contributed by atoms with van der Waals surface area (Å²) in [5.41, 5.74) is 1.55. The fraction of sp³-hybridized carbons (Fsp3) is 0.353. The summed E-state index contributed by atoms with van der Waals surface area (Å²) in [7, 11) is 0. The molecule has 0 fully saturated rings. The zero-order valence-electron chi connectivity index (χ0n) is 27.3. The first-order valence-electron chi connectivity index (χ1n) is 14.9. The molecule has 240 valence electrons. The highest BCUT2D eigenvalue weighted by Gasteiger charge is 2.21. The zero-order chi connectivity index (χ0) is 34.3. The van der Waals surface area contributed by atoms with Crippen molar-refractivity contribution in [2.75, 3.05) is 0 Å². The van der Waals surface area contributed by atoms with Crippen LogP contribution in [0.25, 0.3) is 0 Å². The molecular weight excluding hydrogens is 588 g/mol. The summed E-state index contributed by atoms with van der Waals surface area (Å²) < 4.78 is 14.5. The van der Waals surface area contributed by atoms with Gasteiger partial charge in [0.25, 0.3) is 11.1 Å². The van der Waals surface area contributed by atoms with E-state index in [0.717, 1.165) is 11.1 Å². The molecule has 4 aromatic rings. The maximum absolute atomic E-state index is 12.1. The average Bonchev–Trinajstić information content (AvgIpc) is 2.96. The summed E-state index contributed by atoms with van der Waals surface area (Å²) in [5.74, 6) is 1.07. The van der Waals surface area contributed by atoms with E-state index >= 15 is 0 Å². The number of ether oxygens (including phenoxy) is 2. The third-order valence-electron chi connectivity index (χ3n) is 6.95. The van der Waals surface area contributed by atoms with Gasteiger partial charge >= 0.3 is 11.4 Å².